The van der Waals surface area contributed by atoms with Crippen molar-refractivity contribution in [2.24, 2.45) is 47.3 Å². The fourth-order valence-corrected chi connectivity index (χ4v) is 11.8. The fourth-order valence-electron chi connectivity index (χ4n) is 11.8. The Hall–Kier alpha value is -0.720. The fraction of sp³-hybridized carbons (Fsp3) is 1.00. The molecule has 3 saturated heterocycles. The predicted octanol–water partition coefficient (Wildman–Crippen LogP) is 6.17. The second kappa shape index (κ2) is 38.4. The summed E-state index contributed by atoms with van der Waals surface area (Å²) >= 11 is 0. The van der Waals surface area contributed by atoms with Crippen LogP contribution in [0.5, 0.6) is 0 Å². The molecule has 6 unspecified atom stereocenters. The van der Waals surface area contributed by atoms with Crippen molar-refractivity contribution in [1.29, 1.82) is 0 Å². The summed E-state index contributed by atoms with van der Waals surface area (Å²) in [5.41, 5.74) is -2.86. The van der Waals surface area contributed by atoms with E-state index in [1.54, 1.807) is 0 Å². The SMILES string of the molecule is CC(C)CCCC(C)CCCC(C)CCCC(C)CCOCC(COCCC(C)CCCC(C)CCCC(C)CCCC(C)C)O[C@@H]1O[C@H](CO)[C@@H](O[C@H]2O[C@H](CO)[C@](O)([C@H]3O[C@H](CO)[C@@H](O)[C@H](O)[C@H]3O)[C@H](O)[C@H]2O)[C@H](O)[C@H]1O. The molecular weight excluding hydrogens is 1020 g/mol. The van der Waals surface area contributed by atoms with E-state index in [1.807, 2.05) is 0 Å². The van der Waals surface area contributed by atoms with Crippen LogP contribution in [0.3, 0.4) is 0 Å². The molecule has 3 heterocycles. The summed E-state index contributed by atoms with van der Waals surface area (Å²) in [5.74, 6) is 5.43. The highest BCUT2D eigenvalue weighted by Gasteiger charge is 2.65. The van der Waals surface area contributed by atoms with E-state index in [-0.39, 0.29) is 13.2 Å². The molecule has 3 fully saturated rings. The van der Waals surface area contributed by atoms with Crippen LogP contribution in [-0.4, -0.2) is 200 Å². The van der Waals surface area contributed by atoms with E-state index in [9.17, 15) is 56.2 Å². The van der Waals surface area contributed by atoms with Crippen LogP contribution in [0.15, 0.2) is 0 Å². The quantitative estimate of drug-likeness (QED) is 0.0305. The van der Waals surface area contributed by atoms with Gasteiger partial charge in [-0.2, -0.15) is 0 Å². The lowest BCUT2D eigenvalue weighted by molar-refractivity contribution is -0.394. The van der Waals surface area contributed by atoms with Gasteiger partial charge >= 0.3 is 0 Å². The Bertz CT molecular complexity index is 1470. The van der Waals surface area contributed by atoms with Crippen LogP contribution in [0.4, 0.5) is 0 Å². The van der Waals surface area contributed by atoms with Gasteiger partial charge in [-0.25, -0.2) is 0 Å². The second-order valence-corrected chi connectivity index (χ2v) is 26.0. The van der Waals surface area contributed by atoms with Crippen LogP contribution in [-0.2, 0) is 33.2 Å². The molecule has 0 bridgehead atoms. The molecule has 18 nitrogen and oxygen atoms in total. The Kier molecular flexibility index (Phi) is 35.2. The van der Waals surface area contributed by atoms with E-state index >= 15 is 0 Å². The zero-order valence-electron chi connectivity index (χ0n) is 50.6. The molecule has 0 amide bonds. The van der Waals surface area contributed by atoms with Crippen LogP contribution in [0.1, 0.15) is 198 Å². The maximum atomic E-state index is 11.8. The lowest BCUT2D eigenvalue weighted by Crippen LogP contribution is -2.77. The molecule has 21 atom stereocenters. The van der Waals surface area contributed by atoms with Gasteiger partial charge in [-0.05, 0) is 60.2 Å². The summed E-state index contributed by atoms with van der Waals surface area (Å²) < 4.78 is 41.7. The first kappa shape index (κ1) is 72.5. The summed E-state index contributed by atoms with van der Waals surface area (Å²) in [6.45, 7) is 21.6. The molecule has 0 saturated carbocycles. The number of rotatable bonds is 42. The number of ether oxygens (including phenoxy) is 7. The summed E-state index contributed by atoms with van der Waals surface area (Å²) in [7, 11) is 0. The third-order valence-corrected chi connectivity index (χ3v) is 17.5. The highest BCUT2D eigenvalue weighted by molar-refractivity contribution is 5.12. The molecule has 79 heavy (non-hydrogen) atoms. The van der Waals surface area contributed by atoms with Gasteiger partial charge in [0.1, 0.15) is 79.4 Å². The molecule has 0 radical (unpaired) electrons. The largest absolute Gasteiger partial charge is 0.394 e. The third-order valence-electron chi connectivity index (χ3n) is 17.5. The van der Waals surface area contributed by atoms with E-state index in [0.29, 0.717) is 36.9 Å². The molecule has 3 rings (SSSR count). The van der Waals surface area contributed by atoms with Crippen molar-refractivity contribution in [2.75, 3.05) is 46.2 Å². The Morgan fingerprint density at radius 1 is 0.405 bits per heavy atom. The first-order valence-electron chi connectivity index (χ1n) is 31.2. The van der Waals surface area contributed by atoms with E-state index in [0.717, 1.165) is 62.2 Å². The Balaban J connectivity index is 1.57. The number of hydrogen-bond donors (Lipinski definition) is 11. The molecular formula is C61H118O18. The second-order valence-electron chi connectivity index (χ2n) is 26.0. The maximum Gasteiger partial charge on any atom is 0.187 e. The molecule has 3 aliphatic rings. The van der Waals surface area contributed by atoms with Crippen molar-refractivity contribution in [3.05, 3.63) is 0 Å². The van der Waals surface area contributed by atoms with Gasteiger partial charge in [-0.3, -0.25) is 0 Å². The number of aliphatic hydroxyl groups excluding tert-OH is 10. The molecule has 0 aliphatic carbocycles. The first-order chi connectivity index (χ1) is 37.5. The van der Waals surface area contributed by atoms with Gasteiger partial charge in [0.2, 0.25) is 0 Å². The summed E-state index contributed by atoms with van der Waals surface area (Å²) in [5, 5.41) is 119. The molecule has 3 aliphatic heterocycles. The molecule has 0 aromatic rings. The lowest BCUT2D eigenvalue weighted by Gasteiger charge is -2.55. The van der Waals surface area contributed by atoms with Gasteiger partial charge in [0.25, 0.3) is 0 Å². The molecule has 0 aromatic carbocycles. The van der Waals surface area contributed by atoms with Gasteiger partial charge < -0.3 is 89.3 Å². The number of hydrogen-bond acceptors (Lipinski definition) is 18. The topological polar surface area (TPSA) is 287 Å². The van der Waals surface area contributed by atoms with Crippen LogP contribution in [0.25, 0.3) is 0 Å². The van der Waals surface area contributed by atoms with E-state index in [2.05, 4.69) is 69.2 Å². The molecule has 11 N–H and O–H groups in total. The van der Waals surface area contributed by atoms with Crippen molar-refractivity contribution in [2.45, 2.75) is 295 Å². The van der Waals surface area contributed by atoms with E-state index in [1.165, 1.54) is 89.9 Å². The third kappa shape index (κ3) is 24.7. The average Bonchev–Trinajstić information content (AvgIpc) is 3.57. The van der Waals surface area contributed by atoms with Crippen molar-refractivity contribution >= 4 is 0 Å². The summed E-state index contributed by atoms with van der Waals surface area (Å²) in [6, 6.07) is 0. The minimum Gasteiger partial charge on any atom is -0.394 e. The van der Waals surface area contributed by atoms with Crippen LogP contribution in [0.2, 0.25) is 0 Å². The molecule has 470 valence electrons. The monoisotopic (exact) mass is 1140 g/mol. The molecule has 18 heteroatoms. The van der Waals surface area contributed by atoms with Gasteiger partial charge in [-0.1, -0.05) is 185 Å². The normalized spacial score (nSPS) is 33.5. The Labute approximate surface area is 476 Å². The highest BCUT2D eigenvalue weighted by atomic mass is 16.7. The Morgan fingerprint density at radius 2 is 0.810 bits per heavy atom. The Morgan fingerprint density at radius 3 is 1.20 bits per heavy atom. The zero-order valence-corrected chi connectivity index (χ0v) is 50.6. The minimum absolute atomic E-state index is 0.0934. The average molecular weight is 1140 g/mol. The van der Waals surface area contributed by atoms with Crippen molar-refractivity contribution < 1.29 is 89.3 Å². The molecule has 0 aromatic heterocycles. The lowest BCUT2D eigenvalue weighted by atomic mass is 9.75. The van der Waals surface area contributed by atoms with Crippen molar-refractivity contribution in [1.82, 2.24) is 0 Å². The predicted molar refractivity (Wildman–Crippen MR) is 303 cm³/mol. The van der Waals surface area contributed by atoms with Gasteiger partial charge in [0.15, 0.2) is 18.2 Å². The van der Waals surface area contributed by atoms with Gasteiger partial charge in [0, 0.05) is 13.2 Å². The number of aliphatic hydroxyl groups is 11. The summed E-state index contributed by atoms with van der Waals surface area (Å²) in [6.07, 6.45) is -2.43. The van der Waals surface area contributed by atoms with Crippen molar-refractivity contribution in [3.8, 4) is 0 Å². The van der Waals surface area contributed by atoms with Crippen LogP contribution >= 0.6 is 0 Å². The summed E-state index contributed by atoms with van der Waals surface area (Å²) in [4.78, 5) is 0. The minimum atomic E-state index is -2.86. The van der Waals surface area contributed by atoms with E-state index < -0.39 is 117 Å². The van der Waals surface area contributed by atoms with Crippen molar-refractivity contribution in [3.63, 3.8) is 0 Å². The van der Waals surface area contributed by atoms with Gasteiger partial charge in [-0.15, -0.1) is 0 Å². The highest BCUT2D eigenvalue weighted by Crippen LogP contribution is 2.41. The first-order valence-corrected chi connectivity index (χ1v) is 31.2. The van der Waals surface area contributed by atoms with Gasteiger partial charge in [0.05, 0.1) is 33.0 Å². The zero-order chi connectivity index (χ0) is 58.8. The molecule has 0 spiro atoms. The maximum absolute atomic E-state index is 11.8. The standard InChI is InChI=1S/C61H118O18/c1-38(2)17-11-19-40(5)21-13-23-42(7)25-15-27-44(9)29-31-73-36-46(37-74-32-30-45(10)28-16-26-43(8)24-14-22-41(6)20-12-18-39(3)4)75-59-54(69)52(67)56(48(34-63)77-59)79-60-55(70)57(71)61(72,49(35-64)78-60)58-53(68)51(66)50(65)47(33-62)76-58/h38-60,62-72H,11-37H2,1-10H3/t40?,41?,42?,43?,44?,45?,46?,47-,48-,49-,50-,51+,52-,53-,54-,55-,56-,57-,58+,59-,60-,61-/m1/s1. The smallest absolute Gasteiger partial charge is 0.187 e. The van der Waals surface area contributed by atoms with E-state index in [4.69, 9.17) is 33.2 Å². The van der Waals surface area contributed by atoms with Crippen LogP contribution < -0.4 is 0 Å². The van der Waals surface area contributed by atoms with Crippen LogP contribution in [0, 0.1) is 47.3 Å².